The molecule has 1 atom stereocenters. The zero-order valence-electron chi connectivity index (χ0n) is 9.14. The second-order valence-corrected chi connectivity index (χ2v) is 4.42. The lowest BCUT2D eigenvalue weighted by Crippen LogP contribution is -2.20. The SMILES string of the molecule is O=C1NC(=O)C(c2cccc3ccc(Cl)cc23)O1. The van der Waals surface area contributed by atoms with Crippen molar-refractivity contribution in [3.63, 3.8) is 0 Å². The van der Waals surface area contributed by atoms with Crippen molar-refractivity contribution in [1.82, 2.24) is 5.32 Å². The summed E-state index contributed by atoms with van der Waals surface area (Å²) in [6.07, 6.45) is -1.62. The first-order valence-corrected chi connectivity index (χ1v) is 5.72. The molecule has 1 N–H and O–H groups in total. The quantitative estimate of drug-likeness (QED) is 0.859. The van der Waals surface area contributed by atoms with E-state index < -0.39 is 18.1 Å². The van der Waals surface area contributed by atoms with Crippen molar-refractivity contribution in [2.24, 2.45) is 0 Å². The van der Waals surface area contributed by atoms with Gasteiger partial charge in [-0.25, -0.2) is 4.79 Å². The van der Waals surface area contributed by atoms with Crippen LogP contribution in [0.15, 0.2) is 36.4 Å². The van der Waals surface area contributed by atoms with Gasteiger partial charge in [0.25, 0.3) is 5.91 Å². The van der Waals surface area contributed by atoms with Gasteiger partial charge in [0, 0.05) is 10.6 Å². The van der Waals surface area contributed by atoms with Crippen molar-refractivity contribution in [2.75, 3.05) is 0 Å². The van der Waals surface area contributed by atoms with Crippen molar-refractivity contribution < 1.29 is 14.3 Å². The first-order valence-electron chi connectivity index (χ1n) is 5.35. The Kier molecular flexibility index (Phi) is 2.45. The van der Waals surface area contributed by atoms with Crippen molar-refractivity contribution in [3.8, 4) is 0 Å². The number of rotatable bonds is 1. The van der Waals surface area contributed by atoms with Crippen LogP contribution in [0.3, 0.4) is 0 Å². The molecule has 2 aromatic rings. The summed E-state index contributed by atoms with van der Waals surface area (Å²) in [4.78, 5) is 22.7. The van der Waals surface area contributed by atoms with E-state index in [-0.39, 0.29) is 0 Å². The molecule has 1 saturated heterocycles. The standard InChI is InChI=1S/C13H8ClNO3/c14-8-5-4-7-2-1-3-9(10(7)6-8)11-12(16)15-13(17)18-11/h1-6,11H,(H,15,16,17). The highest BCUT2D eigenvalue weighted by molar-refractivity contribution is 6.31. The molecule has 90 valence electrons. The van der Waals surface area contributed by atoms with Crippen LogP contribution in [0.2, 0.25) is 5.02 Å². The maximum atomic E-state index is 11.6. The van der Waals surface area contributed by atoms with Gasteiger partial charge in [0.1, 0.15) is 0 Å². The highest BCUT2D eigenvalue weighted by atomic mass is 35.5. The van der Waals surface area contributed by atoms with Gasteiger partial charge in [-0.2, -0.15) is 0 Å². The summed E-state index contributed by atoms with van der Waals surface area (Å²) in [6.45, 7) is 0. The van der Waals surface area contributed by atoms with Gasteiger partial charge in [0.05, 0.1) is 0 Å². The van der Waals surface area contributed by atoms with E-state index in [2.05, 4.69) is 5.32 Å². The number of carbonyl (C=O) groups excluding carboxylic acids is 2. The minimum absolute atomic E-state index is 0.451. The topological polar surface area (TPSA) is 55.4 Å². The van der Waals surface area contributed by atoms with Crippen LogP contribution in [0.5, 0.6) is 0 Å². The second kappa shape index (κ2) is 3.99. The summed E-state index contributed by atoms with van der Waals surface area (Å²) in [5.74, 6) is -0.451. The molecule has 2 aromatic carbocycles. The molecule has 1 aliphatic rings. The Balaban J connectivity index is 2.20. The summed E-state index contributed by atoms with van der Waals surface area (Å²) in [5, 5.41) is 4.42. The molecule has 3 rings (SSSR count). The molecule has 1 aliphatic heterocycles. The number of alkyl carbamates (subject to hydrolysis) is 1. The van der Waals surface area contributed by atoms with Gasteiger partial charge in [0.15, 0.2) is 0 Å². The fourth-order valence-corrected chi connectivity index (χ4v) is 2.23. The number of fused-ring (bicyclic) bond motifs is 1. The zero-order chi connectivity index (χ0) is 12.7. The Morgan fingerprint density at radius 2 is 2.00 bits per heavy atom. The molecule has 0 saturated carbocycles. The Morgan fingerprint density at radius 3 is 2.72 bits per heavy atom. The van der Waals surface area contributed by atoms with Crippen LogP contribution in [0, 0.1) is 0 Å². The van der Waals surface area contributed by atoms with Crippen LogP contribution in [0.1, 0.15) is 11.7 Å². The lowest BCUT2D eigenvalue weighted by molar-refractivity contribution is -0.123. The number of benzene rings is 2. The lowest BCUT2D eigenvalue weighted by Gasteiger charge is -2.10. The highest BCUT2D eigenvalue weighted by Gasteiger charge is 2.34. The average Bonchev–Trinajstić information content (AvgIpc) is 2.67. The van der Waals surface area contributed by atoms with Gasteiger partial charge in [-0.05, 0) is 22.9 Å². The van der Waals surface area contributed by atoms with Crippen molar-refractivity contribution in [3.05, 3.63) is 47.0 Å². The molecule has 18 heavy (non-hydrogen) atoms. The Hall–Kier alpha value is -2.07. The fraction of sp³-hybridized carbons (Fsp3) is 0.0769. The van der Waals surface area contributed by atoms with Crippen LogP contribution >= 0.6 is 11.6 Å². The first kappa shape index (κ1) is 11.0. The van der Waals surface area contributed by atoms with Gasteiger partial charge < -0.3 is 4.74 Å². The normalized spacial score (nSPS) is 18.8. The molecule has 1 heterocycles. The van der Waals surface area contributed by atoms with Gasteiger partial charge in [-0.1, -0.05) is 35.9 Å². The maximum Gasteiger partial charge on any atom is 0.415 e. The first-order chi connectivity index (χ1) is 8.65. The monoisotopic (exact) mass is 261 g/mol. The van der Waals surface area contributed by atoms with Gasteiger partial charge >= 0.3 is 6.09 Å². The third kappa shape index (κ3) is 1.71. The smallest absolute Gasteiger partial charge is 0.415 e. The molecule has 4 nitrogen and oxygen atoms in total. The van der Waals surface area contributed by atoms with Crippen LogP contribution in [-0.4, -0.2) is 12.0 Å². The molecule has 2 amide bonds. The molecule has 0 radical (unpaired) electrons. The molecule has 0 spiro atoms. The van der Waals surface area contributed by atoms with Crippen LogP contribution in [0.25, 0.3) is 10.8 Å². The van der Waals surface area contributed by atoms with Gasteiger partial charge in [0.2, 0.25) is 6.10 Å². The van der Waals surface area contributed by atoms with E-state index in [9.17, 15) is 9.59 Å². The molecule has 0 bridgehead atoms. The number of hydrogen-bond donors (Lipinski definition) is 1. The summed E-state index contributed by atoms with van der Waals surface area (Å²) < 4.78 is 4.96. The van der Waals surface area contributed by atoms with E-state index in [1.807, 2.05) is 18.2 Å². The summed E-state index contributed by atoms with van der Waals surface area (Å²) >= 11 is 5.95. The number of nitrogens with one attached hydrogen (secondary N) is 1. The summed E-state index contributed by atoms with van der Waals surface area (Å²) in [6, 6.07) is 10.9. The van der Waals surface area contributed by atoms with Crippen LogP contribution in [-0.2, 0) is 9.53 Å². The summed E-state index contributed by atoms with van der Waals surface area (Å²) in [7, 11) is 0. The minimum atomic E-state index is -0.903. The number of amides is 2. The van der Waals surface area contributed by atoms with E-state index in [1.165, 1.54) is 0 Å². The molecule has 1 unspecified atom stereocenters. The van der Waals surface area contributed by atoms with E-state index in [4.69, 9.17) is 16.3 Å². The third-order valence-corrected chi connectivity index (χ3v) is 3.08. The number of halogens is 1. The second-order valence-electron chi connectivity index (χ2n) is 3.99. The minimum Gasteiger partial charge on any atom is -0.431 e. The molecule has 5 heteroatoms. The van der Waals surface area contributed by atoms with E-state index >= 15 is 0 Å². The largest absolute Gasteiger partial charge is 0.431 e. The maximum absolute atomic E-state index is 11.6. The Morgan fingerprint density at radius 1 is 1.17 bits per heavy atom. The number of hydrogen-bond acceptors (Lipinski definition) is 3. The Labute approximate surface area is 107 Å². The van der Waals surface area contributed by atoms with Crippen LogP contribution in [0.4, 0.5) is 4.79 Å². The molecule has 1 fully saturated rings. The third-order valence-electron chi connectivity index (χ3n) is 2.85. The van der Waals surface area contributed by atoms with E-state index in [0.717, 1.165) is 10.8 Å². The van der Waals surface area contributed by atoms with Crippen molar-refractivity contribution in [1.29, 1.82) is 0 Å². The highest BCUT2D eigenvalue weighted by Crippen LogP contribution is 2.30. The number of ether oxygens (including phenoxy) is 1. The van der Waals surface area contributed by atoms with Gasteiger partial charge in [-0.3, -0.25) is 10.1 Å². The molecule has 0 aromatic heterocycles. The molecule has 0 aliphatic carbocycles. The van der Waals surface area contributed by atoms with E-state index in [1.54, 1.807) is 18.2 Å². The van der Waals surface area contributed by atoms with E-state index in [0.29, 0.717) is 10.6 Å². The van der Waals surface area contributed by atoms with Crippen LogP contribution < -0.4 is 5.32 Å². The predicted octanol–water partition coefficient (Wildman–Crippen LogP) is 2.80. The summed E-state index contributed by atoms with van der Waals surface area (Å²) in [5.41, 5.74) is 0.637. The number of carbonyl (C=O) groups is 2. The number of cyclic esters (lactones) is 1. The van der Waals surface area contributed by atoms with Crippen molar-refractivity contribution >= 4 is 34.4 Å². The predicted molar refractivity (Wildman–Crippen MR) is 66.3 cm³/mol. The fourth-order valence-electron chi connectivity index (χ4n) is 2.06. The Bertz CT molecular complexity index is 668. The molecular weight excluding hydrogens is 254 g/mol. The lowest BCUT2D eigenvalue weighted by atomic mass is 10.0. The average molecular weight is 262 g/mol. The molecular formula is C13H8ClNO3. The van der Waals surface area contributed by atoms with Gasteiger partial charge in [-0.15, -0.1) is 0 Å². The zero-order valence-corrected chi connectivity index (χ0v) is 9.90. The van der Waals surface area contributed by atoms with Crippen molar-refractivity contribution in [2.45, 2.75) is 6.10 Å². The number of imide groups is 1.